The molecule has 0 spiro atoms. The van der Waals surface area contributed by atoms with Crippen LogP contribution in [0.15, 0.2) is 71.2 Å². The number of allylic oxidation sites excluding steroid dienone is 2. The van der Waals surface area contributed by atoms with Crippen LogP contribution in [0.4, 0.5) is 5.69 Å². The van der Waals surface area contributed by atoms with Gasteiger partial charge >= 0.3 is 5.97 Å². The Morgan fingerprint density at radius 3 is 2.35 bits per heavy atom. The van der Waals surface area contributed by atoms with Crippen molar-refractivity contribution in [1.29, 1.82) is 0 Å². The second kappa shape index (κ2) is 8.47. The molecule has 2 aliphatic rings. The molecule has 0 fully saturated rings. The third kappa shape index (κ3) is 3.68. The second-order valence-electron chi connectivity index (χ2n) is 7.45. The van der Waals surface area contributed by atoms with Crippen molar-refractivity contribution in [2.45, 2.75) is 25.2 Å². The SMILES string of the molecule is COC(=O)C1=C(N)N(c2ccc(Cl)cc2)C2=C(C(=O)CCC2)C1c1ccc(OC)cc1. The molecule has 2 N–H and O–H groups in total. The van der Waals surface area contributed by atoms with E-state index in [1.54, 1.807) is 36.3 Å². The summed E-state index contributed by atoms with van der Waals surface area (Å²) in [6.07, 6.45) is 1.82. The molecule has 1 unspecified atom stereocenters. The van der Waals surface area contributed by atoms with Gasteiger partial charge in [-0.25, -0.2) is 4.79 Å². The molecule has 0 saturated carbocycles. The lowest BCUT2D eigenvalue weighted by Crippen LogP contribution is -2.40. The third-order valence-corrected chi connectivity index (χ3v) is 5.98. The third-order valence-electron chi connectivity index (χ3n) is 5.73. The lowest BCUT2D eigenvalue weighted by atomic mass is 9.75. The second-order valence-corrected chi connectivity index (χ2v) is 7.88. The summed E-state index contributed by atoms with van der Waals surface area (Å²) in [5.41, 5.74) is 9.76. The average Bonchev–Trinajstić information content (AvgIpc) is 2.79. The number of ether oxygens (including phenoxy) is 2. The van der Waals surface area contributed by atoms with E-state index in [4.69, 9.17) is 26.8 Å². The van der Waals surface area contributed by atoms with Crippen LogP contribution in [-0.2, 0) is 14.3 Å². The van der Waals surface area contributed by atoms with Gasteiger partial charge in [0, 0.05) is 28.4 Å². The molecule has 4 rings (SSSR count). The Morgan fingerprint density at radius 1 is 1.06 bits per heavy atom. The lowest BCUT2D eigenvalue weighted by Gasteiger charge is -2.40. The summed E-state index contributed by atoms with van der Waals surface area (Å²) < 4.78 is 10.4. The zero-order chi connectivity index (χ0) is 22.1. The highest BCUT2D eigenvalue weighted by Crippen LogP contribution is 2.47. The van der Waals surface area contributed by atoms with Crippen LogP contribution in [0.25, 0.3) is 0 Å². The van der Waals surface area contributed by atoms with E-state index < -0.39 is 11.9 Å². The largest absolute Gasteiger partial charge is 0.497 e. The van der Waals surface area contributed by atoms with Gasteiger partial charge in [0.2, 0.25) is 0 Å². The molecule has 0 aromatic heterocycles. The molecular weight excluding hydrogens is 416 g/mol. The number of carbonyl (C=O) groups is 2. The van der Waals surface area contributed by atoms with Gasteiger partial charge in [-0.1, -0.05) is 23.7 Å². The van der Waals surface area contributed by atoms with E-state index in [-0.39, 0.29) is 17.2 Å². The Bertz CT molecular complexity index is 1090. The van der Waals surface area contributed by atoms with E-state index in [1.165, 1.54) is 7.11 Å². The molecular formula is C24H23ClN2O4. The van der Waals surface area contributed by atoms with Crippen molar-refractivity contribution >= 4 is 29.0 Å². The highest BCUT2D eigenvalue weighted by Gasteiger charge is 2.42. The molecule has 6 nitrogen and oxygen atoms in total. The van der Waals surface area contributed by atoms with E-state index in [2.05, 4.69) is 0 Å². The van der Waals surface area contributed by atoms with Crippen molar-refractivity contribution in [3.05, 3.63) is 81.8 Å². The summed E-state index contributed by atoms with van der Waals surface area (Å²) in [5, 5.41) is 0.585. The number of esters is 1. The van der Waals surface area contributed by atoms with Crippen LogP contribution in [-0.4, -0.2) is 26.0 Å². The molecule has 0 amide bonds. The zero-order valence-electron chi connectivity index (χ0n) is 17.4. The van der Waals surface area contributed by atoms with Crippen molar-refractivity contribution in [3.63, 3.8) is 0 Å². The van der Waals surface area contributed by atoms with Gasteiger partial charge in [-0.3, -0.25) is 9.69 Å². The minimum atomic E-state index is -0.607. The number of benzene rings is 2. The summed E-state index contributed by atoms with van der Waals surface area (Å²) in [7, 11) is 2.90. The first kappa shape index (κ1) is 21.0. The number of rotatable bonds is 4. The van der Waals surface area contributed by atoms with Crippen molar-refractivity contribution in [1.82, 2.24) is 0 Å². The lowest BCUT2D eigenvalue weighted by molar-refractivity contribution is -0.136. The fraction of sp³-hybridized carbons (Fsp3) is 0.250. The fourth-order valence-electron chi connectivity index (χ4n) is 4.31. The highest BCUT2D eigenvalue weighted by molar-refractivity contribution is 6.30. The maximum atomic E-state index is 13.2. The molecule has 1 heterocycles. The molecule has 31 heavy (non-hydrogen) atoms. The van der Waals surface area contributed by atoms with Gasteiger partial charge in [-0.2, -0.15) is 0 Å². The molecule has 2 aromatic carbocycles. The van der Waals surface area contributed by atoms with Crippen LogP contribution >= 0.6 is 11.6 Å². The van der Waals surface area contributed by atoms with Crippen molar-refractivity contribution in [2.24, 2.45) is 5.73 Å². The number of anilines is 1. The highest BCUT2D eigenvalue weighted by atomic mass is 35.5. The van der Waals surface area contributed by atoms with Gasteiger partial charge in [-0.05, 0) is 54.8 Å². The van der Waals surface area contributed by atoms with E-state index in [0.717, 1.165) is 23.4 Å². The van der Waals surface area contributed by atoms with Crippen LogP contribution in [0, 0.1) is 0 Å². The number of halogens is 1. The van der Waals surface area contributed by atoms with Crippen LogP contribution in [0.2, 0.25) is 5.02 Å². The maximum Gasteiger partial charge on any atom is 0.338 e. The molecule has 1 aliphatic heterocycles. The average molecular weight is 439 g/mol. The normalized spacial score (nSPS) is 18.7. The Balaban J connectivity index is 1.96. The van der Waals surface area contributed by atoms with Gasteiger partial charge < -0.3 is 15.2 Å². The standard InChI is InChI=1S/C24H23ClN2O4/c1-30-17-12-6-14(7-13-17)20-21-18(4-3-5-19(21)28)27(16-10-8-15(25)9-11-16)23(26)22(20)24(29)31-2/h6-13,20H,3-5,26H2,1-2H3. The number of methoxy groups -OCH3 is 2. The molecule has 160 valence electrons. The van der Waals surface area contributed by atoms with Crippen molar-refractivity contribution in [3.8, 4) is 5.75 Å². The van der Waals surface area contributed by atoms with Gasteiger partial charge in [0.1, 0.15) is 11.6 Å². The van der Waals surface area contributed by atoms with Crippen LogP contribution in [0.3, 0.4) is 0 Å². The number of carbonyl (C=O) groups excluding carboxylic acids is 2. The first-order valence-corrected chi connectivity index (χ1v) is 10.4. The first-order valence-electron chi connectivity index (χ1n) is 10.00. The summed E-state index contributed by atoms with van der Waals surface area (Å²) >= 11 is 6.06. The van der Waals surface area contributed by atoms with Gasteiger partial charge in [-0.15, -0.1) is 0 Å². The smallest absolute Gasteiger partial charge is 0.338 e. The van der Waals surface area contributed by atoms with Crippen LogP contribution in [0.1, 0.15) is 30.7 Å². The van der Waals surface area contributed by atoms with Gasteiger partial charge in [0.05, 0.1) is 25.7 Å². The van der Waals surface area contributed by atoms with E-state index >= 15 is 0 Å². The quantitative estimate of drug-likeness (QED) is 0.716. The van der Waals surface area contributed by atoms with Crippen molar-refractivity contribution < 1.29 is 19.1 Å². The molecule has 7 heteroatoms. The summed E-state index contributed by atoms with van der Waals surface area (Å²) in [5.74, 6) is -0.228. The van der Waals surface area contributed by atoms with Crippen molar-refractivity contribution in [2.75, 3.05) is 19.1 Å². The Hall–Kier alpha value is -3.25. The monoisotopic (exact) mass is 438 g/mol. The molecule has 1 aliphatic carbocycles. The molecule has 0 radical (unpaired) electrons. The van der Waals surface area contributed by atoms with E-state index in [0.29, 0.717) is 29.2 Å². The summed E-state index contributed by atoms with van der Waals surface area (Å²) in [6, 6.07) is 14.5. The molecule has 1 atom stereocenters. The number of hydrogen-bond acceptors (Lipinski definition) is 6. The fourth-order valence-corrected chi connectivity index (χ4v) is 4.44. The van der Waals surface area contributed by atoms with Crippen LogP contribution < -0.4 is 15.4 Å². The number of hydrogen-bond donors (Lipinski definition) is 1. The van der Waals surface area contributed by atoms with E-state index in [1.807, 2.05) is 24.3 Å². The maximum absolute atomic E-state index is 13.2. The number of ketones is 1. The first-order chi connectivity index (χ1) is 15.0. The number of nitrogens with zero attached hydrogens (tertiary/aromatic N) is 1. The van der Waals surface area contributed by atoms with Gasteiger partial charge in [0.25, 0.3) is 0 Å². The van der Waals surface area contributed by atoms with E-state index in [9.17, 15) is 9.59 Å². The predicted octanol–water partition coefficient (Wildman–Crippen LogP) is 4.30. The topological polar surface area (TPSA) is 81.9 Å². The Labute approximate surface area is 185 Å². The Kier molecular flexibility index (Phi) is 5.74. The minimum Gasteiger partial charge on any atom is -0.497 e. The predicted molar refractivity (Wildman–Crippen MR) is 119 cm³/mol. The summed E-state index contributed by atoms with van der Waals surface area (Å²) in [4.78, 5) is 27.9. The Morgan fingerprint density at radius 2 is 1.74 bits per heavy atom. The zero-order valence-corrected chi connectivity index (χ0v) is 18.1. The molecule has 2 aromatic rings. The van der Waals surface area contributed by atoms with Crippen LogP contribution in [0.5, 0.6) is 5.75 Å². The summed E-state index contributed by atoms with van der Waals surface area (Å²) in [6.45, 7) is 0. The number of nitrogens with two attached hydrogens (primary N) is 1. The molecule has 0 bridgehead atoms. The molecule has 0 saturated heterocycles. The number of Topliss-reactive ketones (excluding diaryl/α,β-unsaturated/α-hetero) is 1. The minimum absolute atomic E-state index is 0.00920. The van der Waals surface area contributed by atoms with Gasteiger partial charge in [0.15, 0.2) is 5.78 Å².